The maximum atomic E-state index is 12.0. The van der Waals surface area contributed by atoms with E-state index in [1.54, 1.807) is 11.3 Å². The molecule has 2 heterocycles. The number of benzene rings is 1. The zero-order chi connectivity index (χ0) is 18.2. The van der Waals surface area contributed by atoms with Gasteiger partial charge in [-0.3, -0.25) is 4.79 Å². The van der Waals surface area contributed by atoms with E-state index >= 15 is 0 Å². The number of carbonyl (C=O) groups excluding carboxylic acids is 1. The number of aryl methyl sites for hydroxylation is 1. The summed E-state index contributed by atoms with van der Waals surface area (Å²) in [7, 11) is 0. The Morgan fingerprint density at radius 2 is 2.12 bits per heavy atom. The van der Waals surface area contributed by atoms with Crippen LogP contribution in [0.25, 0.3) is 11.4 Å². The number of rotatable bonds is 9. The van der Waals surface area contributed by atoms with Crippen molar-refractivity contribution < 1.29 is 4.79 Å². The highest BCUT2D eigenvalue weighted by molar-refractivity contribution is 7.98. The average molecular weight is 388 g/mol. The summed E-state index contributed by atoms with van der Waals surface area (Å²) in [6.07, 6.45) is 0.992. The third kappa shape index (κ3) is 5.40. The molecule has 8 heteroatoms. The van der Waals surface area contributed by atoms with Crippen molar-refractivity contribution in [1.29, 1.82) is 0 Å². The fourth-order valence-corrected chi connectivity index (χ4v) is 4.03. The molecule has 3 rings (SSSR count). The third-order valence-corrected chi connectivity index (χ3v) is 5.82. The number of nitrogens with one attached hydrogen (secondary N) is 1. The van der Waals surface area contributed by atoms with Crippen LogP contribution in [-0.2, 0) is 23.5 Å². The van der Waals surface area contributed by atoms with Gasteiger partial charge in [0.05, 0.1) is 0 Å². The largest absolute Gasteiger partial charge is 0.354 e. The minimum atomic E-state index is -0.105. The molecule has 0 atom stereocenters. The van der Waals surface area contributed by atoms with E-state index in [-0.39, 0.29) is 12.5 Å². The lowest BCUT2D eigenvalue weighted by atomic mass is 10.1. The number of amides is 1. The van der Waals surface area contributed by atoms with Gasteiger partial charge in [0.25, 0.3) is 0 Å². The molecule has 1 amide bonds. The summed E-state index contributed by atoms with van der Waals surface area (Å²) in [4.78, 5) is 14.7. The topological polar surface area (TPSA) is 72.7 Å². The predicted molar refractivity (Wildman–Crippen MR) is 106 cm³/mol. The number of hydrogen-bond donors (Lipinski definition) is 1. The van der Waals surface area contributed by atoms with Crippen LogP contribution >= 0.6 is 23.1 Å². The molecular formula is C18H21N5OS2. The van der Waals surface area contributed by atoms with Crippen LogP contribution in [-0.4, -0.2) is 38.4 Å². The molecule has 0 aliphatic carbocycles. The van der Waals surface area contributed by atoms with Crippen LogP contribution in [0.1, 0.15) is 17.4 Å². The van der Waals surface area contributed by atoms with Crippen LogP contribution in [0, 0.1) is 0 Å². The Morgan fingerprint density at radius 3 is 2.85 bits per heavy atom. The Kier molecular flexibility index (Phi) is 6.79. The van der Waals surface area contributed by atoms with Crippen molar-refractivity contribution in [1.82, 2.24) is 25.5 Å². The van der Waals surface area contributed by atoms with E-state index in [0.717, 1.165) is 23.5 Å². The van der Waals surface area contributed by atoms with E-state index in [1.165, 1.54) is 15.2 Å². The monoisotopic (exact) mass is 387 g/mol. The maximum absolute atomic E-state index is 12.0. The quantitative estimate of drug-likeness (QED) is 0.572. The van der Waals surface area contributed by atoms with Crippen molar-refractivity contribution in [3.05, 3.63) is 52.2 Å². The molecular weight excluding hydrogens is 366 g/mol. The van der Waals surface area contributed by atoms with Crippen LogP contribution < -0.4 is 5.32 Å². The highest BCUT2D eigenvalue weighted by Crippen LogP contribution is 2.16. The first-order valence-corrected chi connectivity index (χ1v) is 10.5. The normalized spacial score (nSPS) is 10.8. The summed E-state index contributed by atoms with van der Waals surface area (Å²) >= 11 is 3.57. The minimum Gasteiger partial charge on any atom is -0.354 e. The average Bonchev–Trinajstić information content (AvgIpc) is 3.33. The summed E-state index contributed by atoms with van der Waals surface area (Å²) in [6.45, 7) is 2.83. The molecule has 0 aliphatic rings. The van der Waals surface area contributed by atoms with E-state index < -0.39 is 0 Å². The molecule has 136 valence electrons. The van der Waals surface area contributed by atoms with Crippen LogP contribution in [0.2, 0.25) is 0 Å². The molecule has 0 bridgehead atoms. The van der Waals surface area contributed by atoms with Gasteiger partial charge in [-0.25, -0.2) is 0 Å². The number of carbonyl (C=O) groups is 1. The van der Waals surface area contributed by atoms with Crippen LogP contribution in [0.4, 0.5) is 0 Å². The van der Waals surface area contributed by atoms with Gasteiger partial charge in [-0.05, 0) is 28.6 Å². The Bertz CT molecular complexity index is 814. The SMILES string of the molecule is CCc1ccc(-c2nnn(CC(=O)NCCSCc3cccs3)n2)cc1. The molecule has 0 radical (unpaired) electrons. The van der Waals surface area contributed by atoms with Crippen molar-refractivity contribution in [2.75, 3.05) is 12.3 Å². The fraction of sp³-hybridized carbons (Fsp3) is 0.333. The van der Waals surface area contributed by atoms with E-state index in [9.17, 15) is 4.79 Å². The predicted octanol–water partition coefficient (Wildman–Crippen LogP) is 3.01. The summed E-state index contributed by atoms with van der Waals surface area (Å²) in [5.41, 5.74) is 2.16. The Hall–Kier alpha value is -2.19. The number of thioether (sulfide) groups is 1. The summed E-state index contributed by atoms with van der Waals surface area (Å²) in [5.74, 6) is 2.29. The van der Waals surface area contributed by atoms with Gasteiger partial charge in [0.2, 0.25) is 11.7 Å². The van der Waals surface area contributed by atoms with Gasteiger partial charge in [0, 0.05) is 28.5 Å². The lowest BCUT2D eigenvalue weighted by Gasteiger charge is -2.04. The second-order valence-corrected chi connectivity index (χ2v) is 7.81. The van der Waals surface area contributed by atoms with E-state index in [2.05, 4.69) is 57.3 Å². The van der Waals surface area contributed by atoms with Gasteiger partial charge in [-0.15, -0.1) is 21.5 Å². The molecule has 0 aliphatic heterocycles. The van der Waals surface area contributed by atoms with Crippen molar-refractivity contribution in [2.24, 2.45) is 0 Å². The van der Waals surface area contributed by atoms with Crippen LogP contribution in [0.5, 0.6) is 0 Å². The Morgan fingerprint density at radius 1 is 1.27 bits per heavy atom. The summed E-state index contributed by atoms with van der Waals surface area (Å²) in [5, 5.41) is 17.2. The zero-order valence-corrected chi connectivity index (χ0v) is 16.2. The van der Waals surface area contributed by atoms with Gasteiger partial charge >= 0.3 is 0 Å². The standard InChI is InChI=1S/C18H21N5OS2/c1-2-14-5-7-15(8-6-14)18-20-22-23(21-18)12-17(24)19-9-11-25-13-16-4-3-10-26-16/h3-8,10H,2,9,11-13H2,1H3,(H,19,24). The first-order chi connectivity index (χ1) is 12.7. The molecule has 6 nitrogen and oxygen atoms in total. The van der Waals surface area contributed by atoms with Crippen molar-refractivity contribution in [2.45, 2.75) is 25.6 Å². The van der Waals surface area contributed by atoms with E-state index in [4.69, 9.17) is 0 Å². The number of hydrogen-bond acceptors (Lipinski definition) is 6. The van der Waals surface area contributed by atoms with Crippen molar-refractivity contribution in [3.63, 3.8) is 0 Å². The van der Waals surface area contributed by atoms with Crippen molar-refractivity contribution >= 4 is 29.0 Å². The minimum absolute atomic E-state index is 0.0790. The van der Waals surface area contributed by atoms with Gasteiger partial charge in [-0.1, -0.05) is 37.3 Å². The Balaban J connectivity index is 1.40. The number of thiophene rings is 1. The summed E-state index contributed by atoms with van der Waals surface area (Å²) in [6, 6.07) is 12.2. The molecule has 0 unspecified atom stereocenters. The highest BCUT2D eigenvalue weighted by Gasteiger charge is 2.09. The molecule has 3 aromatic rings. The second-order valence-electron chi connectivity index (χ2n) is 5.68. The molecule has 0 fully saturated rings. The van der Waals surface area contributed by atoms with Crippen LogP contribution in [0.15, 0.2) is 41.8 Å². The molecule has 0 spiro atoms. The third-order valence-electron chi connectivity index (χ3n) is 3.75. The zero-order valence-electron chi connectivity index (χ0n) is 14.6. The van der Waals surface area contributed by atoms with Gasteiger partial charge < -0.3 is 5.32 Å². The molecule has 2 aromatic heterocycles. The number of aromatic nitrogens is 4. The lowest BCUT2D eigenvalue weighted by molar-refractivity contribution is -0.121. The number of tetrazole rings is 1. The Labute approximate surface area is 161 Å². The summed E-state index contributed by atoms with van der Waals surface area (Å²) < 4.78 is 0. The first-order valence-electron chi connectivity index (χ1n) is 8.48. The first kappa shape index (κ1) is 18.6. The molecule has 1 N–H and O–H groups in total. The number of nitrogens with zero attached hydrogens (tertiary/aromatic N) is 4. The van der Waals surface area contributed by atoms with Gasteiger partial charge in [0.1, 0.15) is 6.54 Å². The lowest BCUT2D eigenvalue weighted by Crippen LogP contribution is -2.30. The second kappa shape index (κ2) is 9.49. The van der Waals surface area contributed by atoms with E-state index in [0.29, 0.717) is 12.4 Å². The van der Waals surface area contributed by atoms with Gasteiger partial charge in [-0.2, -0.15) is 16.6 Å². The fourth-order valence-electron chi connectivity index (χ4n) is 2.33. The smallest absolute Gasteiger partial charge is 0.243 e. The van der Waals surface area contributed by atoms with Crippen molar-refractivity contribution in [3.8, 4) is 11.4 Å². The van der Waals surface area contributed by atoms with Crippen LogP contribution in [0.3, 0.4) is 0 Å². The molecule has 26 heavy (non-hydrogen) atoms. The molecule has 0 saturated carbocycles. The molecule has 1 aromatic carbocycles. The molecule has 0 saturated heterocycles. The maximum Gasteiger partial charge on any atom is 0.243 e. The van der Waals surface area contributed by atoms with Gasteiger partial charge in [0.15, 0.2) is 0 Å². The highest BCUT2D eigenvalue weighted by atomic mass is 32.2. The van der Waals surface area contributed by atoms with E-state index in [1.807, 2.05) is 23.9 Å².